The molecule has 0 saturated carbocycles. The Morgan fingerprint density at radius 1 is 1.27 bits per heavy atom. The molecular weight excluding hydrogens is 398 g/mol. The van der Waals surface area contributed by atoms with Gasteiger partial charge in [-0.25, -0.2) is 4.98 Å². The number of hydrogen-bond donors (Lipinski definition) is 1. The second-order valence-electron chi connectivity index (χ2n) is 5.78. The fourth-order valence-electron chi connectivity index (χ4n) is 2.85. The summed E-state index contributed by atoms with van der Waals surface area (Å²) >= 11 is 3.43. The van der Waals surface area contributed by atoms with Crippen LogP contribution in [0.2, 0.25) is 0 Å². The number of rotatable bonds is 0. The molecule has 0 radical (unpaired) electrons. The first kappa shape index (κ1) is 16.5. The third-order valence-corrected chi connectivity index (χ3v) is 4.48. The van der Waals surface area contributed by atoms with Gasteiger partial charge in [-0.1, -0.05) is 12.1 Å². The molecule has 3 heterocycles. The number of fused-ring (bicyclic) bond motifs is 5. The monoisotopic (exact) mass is 411 g/mol. The number of hydrogen-bond acceptors (Lipinski definition) is 7. The molecule has 0 spiro atoms. The molecule has 8 heteroatoms. The lowest BCUT2D eigenvalue weighted by molar-refractivity contribution is 0.205. The largest absolute Gasteiger partial charge is 0.488 e. The number of pyridine rings is 1. The van der Waals surface area contributed by atoms with E-state index in [1.54, 1.807) is 12.3 Å². The zero-order valence-electron chi connectivity index (χ0n) is 13.9. The van der Waals surface area contributed by atoms with Gasteiger partial charge in [-0.05, 0) is 35.0 Å². The topological polar surface area (TPSA) is 93.0 Å². The van der Waals surface area contributed by atoms with Gasteiger partial charge < -0.3 is 14.8 Å². The fraction of sp³-hybridized carbons (Fsp3) is 0.222. The minimum Gasteiger partial charge on any atom is -0.488 e. The van der Waals surface area contributed by atoms with Gasteiger partial charge in [-0.2, -0.15) is 15.2 Å². The Labute approximate surface area is 158 Å². The lowest BCUT2D eigenvalue weighted by Gasteiger charge is -2.19. The SMILES string of the molecule is C[C@H]1Nc2nc(nc3ncc(Br)cc23)OCCOc2c(C#N)cccc21. The summed E-state index contributed by atoms with van der Waals surface area (Å²) in [5.41, 5.74) is 1.91. The van der Waals surface area contributed by atoms with Crippen LogP contribution in [0.1, 0.15) is 24.1 Å². The maximum Gasteiger partial charge on any atom is 0.320 e. The quantitative estimate of drug-likeness (QED) is 0.603. The average Bonchev–Trinajstić information content (AvgIpc) is 2.67. The van der Waals surface area contributed by atoms with Gasteiger partial charge in [0.05, 0.1) is 17.0 Å². The molecule has 2 bridgehead atoms. The number of benzene rings is 1. The smallest absolute Gasteiger partial charge is 0.320 e. The molecule has 0 amide bonds. The van der Waals surface area contributed by atoms with E-state index in [4.69, 9.17) is 9.47 Å². The molecule has 1 aliphatic rings. The predicted molar refractivity (Wildman–Crippen MR) is 99.2 cm³/mol. The van der Waals surface area contributed by atoms with E-state index in [1.165, 1.54) is 0 Å². The molecule has 0 aliphatic carbocycles. The summed E-state index contributed by atoms with van der Waals surface area (Å²) in [7, 11) is 0. The van der Waals surface area contributed by atoms with Crippen molar-refractivity contribution >= 4 is 32.8 Å². The first-order valence-corrected chi connectivity index (χ1v) is 8.83. The van der Waals surface area contributed by atoms with Gasteiger partial charge >= 0.3 is 6.01 Å². The van der Waals surface area contributed by atoms with E-state index in [-0.39, 0.29) is 25.3 Å². The molecule has 0 saturated heterocycles. The van der Waals surface area contributed by atoms with E-state index >= 15 is 0 Å². The van der Waals surface area contributed by atoms with Crippen molar-refractivity contribution in [2.75, 3.05) is 18.5 Å². The van der Waals surface area contributed by atoms with E-state index in [9.17, 15) is 5.26 Å². The summed E-state index contributed by atoms with van der Waals surface area (Å²) in [6.07, 6.45) is 1.68. The van der Waals surface area contributed by atoms with Crippen molar-refractivity contribution in [3.05, 3.63) is 46.1 Å². The van der Waals surface area contributed by atoms with Gasteiger partial charge in [0.2, 0.25) is 0 Å². The standard InChI is InChI=1S/C18H14BrN5O2/c1-10-13-4-2-3-11(8-20)15(13)25-5-6-26-18-23-16-14(17(22-10)24-18)7-12(19)9-21-16/h2-4,7,9-10H,5-6H2,1H3,(H,21,22,23,24)/t10-/m1/s1. The minimum atomic E-state index is -0.152. The van der Waals surface area contributed by atoms with Crippen LogP contribution in [0.5, 0.6) is 11.8 Å². The summed E-state index contributed by atoms with van der Waals surface area (Å²) in [5.74, 6) is 1.17. The molecule has 4 rings (SSSR count). The van der Waals surface area contributed by atoms with Crippen molar-refractivity contribution in [3.8, 4) is 17.8 Å². The van der Waals surface area contributed by atoms with E-state index in [2.05, 4.69) is 42.3 Å². The molecule has 0 fully saturated rings. The Balaban J connectivity index is 1.86. The molecule has 26 heavy (non-hydrogen) atoms. The highest BCUT2D eigenvalue weighted by Crippen LogP contribution is 2.33. The Kier molecular flexibility index (Phi) is 4.31. The van der Waals surface area contributed by atoms with Crippen LogP contribution in [0.15, 0.2) is 34.9 Å². The molecule has 2 aromatic heterocycles. The van der Waals surface area contributed by atoms with Gasteiger partial charge in [-0.15, -0.1) is 0 Å². The normalized spacial score (nSPS) is 16.3. The average molecular weight is 412 g/mol. The van der Waals surface area contributed by atoms with Gasteiger partial charge in [0, 0.05) is 16.2 Å². The highest BCUT2D eigenvalue weighted by atomic mass is 79.9. The lowest BCUT2D eigenvalue weighted by Crippen LogP contribution is -2.12. The molecular formula is C18H14BrN5O2. The minimum absolute atomic E-state index is 0.152. The Morgan fingerprint density at radius 3 is 2.96 bits per heavy atom. The van der Waals surface area contributed by atoms with Crippen LogP contribution in [0.25, 0.3) is 11.0 Å². The van der Waals surface area contributed by atoms with Crippen LogP contribution in [-0.4, -0.2) is 28.2 Å². The zero-order chi connectivity index (χ0) is 18.1. The van der Waals surface area contributed by atoms with Gasteiger partial charge in [0.15, 0.2) is 5.65 Å². The zero-order valence-corrected chi connectivity index (χ0v) is 15.4. The lowest BCUT2D eigenvalue weighted by atomic mass is 10.0. The number of ether oxygens (including phenoxy) is 2. The number of halogens is 1. The number of nitrogens with zero attached hydrogens (tertiary/aromatic N) is 4. The number of para-hydroxylation sites is 1. The Morgan fingerprint density at radius 2 is 2.12 bits per heavy atom. The molecule has 1 aliphatic heterocycles. The summed E-state index contributed by atoms with van der Waals surface area (Å²) in [4.78, 5) is 13.2. The van der Waals surface area contributed by atoms with Crippen molar-refractivity contribution in [1.29, 1.82) is 5.26 Å². The molecule has 130 valence electrons. The van der Waals surface area contributed by atoms with E-state index in [0.29, 0.717) is 22.8 Å². The molecule has 1 aromatic carbocycles. The maximum absolute atomic E-state index is 9.40. The highest BCUT2D eigenvalue weighted by molar-refractivity contribution is 9.10. The summed E-state index contributed by atoms with van der Waals surface area (Å²) < 4.78 is 12.3. The van der Waals surface area contributed by atoms with Crippen LogP contribution < -0.4 is 14.8 Å². The number of anilines is 1. The molecule has 7 nitrogen and oxygen atoms in total. The second-order valence-corrected chi connectivity index (χ2v) is 6.69. The maximum atomic E-state index is 9.40. The van der Waals surface area contributed by atoms with Crippen LogP contribution >= 0.6 is 15.9 Å². The Bertz CT molecular complexity index is 1030. The summed E-state index contributed by atoms with van der Waals surface area (Å²) in [6.45, 7) is 2.53. The van der Waals surface area contributed by atoms with E-state index in [0.717, 1.165) is 15.4 Å². The van der Waals surface area contributed by atoms with Gasteiger partial charge in [-0.3, -0.25) is 0 Å². The van der Waals surface area contributed by atoms with Crippen molar-refractivity contribution in [1.82, 2.24) is 15.0 Å². The van der Waals surface area contributed by atoms with E-state index < -0.39 is 0 Å². The molecule has 3 aromatic rings. The van der Waals surface area contributed by atoms with Crippen molar-refractivity contribution in [2.24, 2.45) is 0 Å². The molecule has 0 unspecified atom stereocenters. The van der Waals surface area contributed by atoms with Crippen molar-refractivity contribution < 1.29 is 9.47 Å². The number of nitrogens with one attached hydrogen (secondary N) is 1. The molecule has 1 N–H and O–H groups in total. The number of nitriles is 1. The van der Waals surface area contributed by atoms with Crippen LogP contribution in [-0.2, 0) is 0 Å². The summed E-state index contributed by atoms with van der Waals surface area (Å²) in [5, 5.41) is 13.5. The van der Waals surface area contributed by atoms with Crippen LogP contribution in [0.3, 0.4) is 0 Å². The van der Waals surface area contributed by atoms with Crippen LogP contribution in [0, 0.1) is 11.3 Å². The van der Waals surface area contributed by atoms with Gasteiger partial charge in [0.1, 0.15) is 30.9 Å². The Hall–Kier alpha value is -2.92. The third kappa shape index (κ3) is 3.02. The fourth-order valence-corrected chi connectivity index (χ4v) is 3.18. The first-order valence-electron chi connectivity index (χ1n) is 8.04. The summed E-state index contributed by atoms with van der Waals surface area (Å²) in [6, 6.07) is 9.69. The van der Waals surface area contributed by atoms with Gasteiger partial charge in [0.25, 0.3) is 0 Å². The van der Waals surface area contributed by atoms with E-state index in [1.807, 2.05) is 25.1 Å². The van der Waals surface area contributed by atoms with Crippen molar-refractivity contribution in [3.63, 3.8) is 0 Å². The number of aromatic nitrogens is 3. The highest BCUT2D eigenvalue weighted by Gasteiger charge is 2.19. The third-order valence-electron chi connectivity index (χ3n) is 4.04. The predicted octanol–water partition coefficient (Wildman–Crippen LogP) is 3.60. The van der Waals surface area contributed by atoms with Crippen molar-refractivity contribution in [2.45, 2.75) is 13.0 Å². The second kappa shape index (κ2) is 6.77. The van der Waals surface area contributed by atoms with Crippen LogP contribution in [0.4, 0.5) is 5.82 Å². The molecule has 1 atom stereocenters. The first-order chi connectivity index (χ1) is 12.7.